The summed E-state index contributed by atoms with van der Waals surface area (Å²) in [6.07, 6.45) is 0.180. The minimum Gasteiger partial charge on any atom is -0.497 e. The molecule has 0 bridgehead atoms. The van der Waals surface area contributed by atoms with E-state index in [0.717, 1.165) is 0 Å². The van der Waals surface area contributed by atoms with Crippen molar-refractivity contribution in [1.82, 2.24) is 5.32 Å². The van der Waals surface area contributed by atoms with E-state index >= 15 is 0 Å². The Morgan fingerprint density at radius 2 is 2.00 bits per heavy atom. The standard InChI is InChI=1S/C16H22BrNO5/c1-16(2,3)23-8-7-13(15(20)21)18-14(19)11-9-10(22-4)5-6-12(11)17/h5-6,9,13H,7-8H2,1-4H3,(H,18,19)(H,20,21). The molecule has 0 heterocycles. The van der Waals surface area contributed by atoms with Crippen molar-refractivity contribution in [1.29, 1.82) is 0 Å². The highest BCUT2D eigenvalue weighted by molar-refractivity contribution is 9.10. The number of benzene rings is 1. The van der Waals surface area contributed by atoms with Crippen LogP contribution in [0, 0.1) is 0 Å². The monoisotopic (exact) mass is 387 g/mol. The maximum Gasteiger partial charge on any atom is 0.326 e. The number of nitrogens with one attached hydrogen (secondary N) is 1. The van der Waals surface area contributed by atoms with E-state index in [-0.39, 0.29) is 18.6 Å². The lowest BCUT2D eigenvalue weighted by Crippen LogP contribution is -2.42. The second-order valence-corrected chi connectivity index (χ2v) is 6.81. The molecule has 0 saturated carbocycles. The number of ether oxygens (including phenoxy) is 2. The smallest absolute Gasteiger partial charge is 0.326 e. The van der Waals surface area contributed by atoms with Gasteiger partial charge in [0.05, 0.1) is 18.3 Å². The average Bonchev–Trinajstić information content (AvgIpc) is 2.45. The molecule has 0 spiro atoms. The molecule has 1 atom stereocenters. The van der Waals surface area contributed by atoms with E-state index < -0.39 is 17.9 Å². The van der Waals surface area contributed by atoms with Crippen LogP contribution in [0.3, 0.4) is 0 Å². The number of methoxy groups -OCH3 is 1. The molecule has 1 rings (SSSR count). The third-order valence-electron chi connectivity index (χ3n) is 2.96. The van der Waals surface area contributed by atoms with E-state index in [1.54, 1.807) is 18.2 Å². The second-order valence-electron chi connectivity index (χ2n) is 5.96. The van der Waals surface area contributed by atoms with Gasteiger partial charge in [-0.15, -0.1) is 0 Å². The largest absolute Gasteiger partial charge is 0.497 e. The summed E-state index contributed by atoms with van der Waals surface area (Å²) in [6, 6.07) is 3.89. The van der Waals surface area contributed by atoms with Crippen molar-refractivity contribution < 1.29 is 24.2 Å². The number of halogens is 1. The van der Waals surface area contributed by atoms with Gasteiger partial charge in [0.25, 0.3) is 5.91 Å². The number of carbonyl (C=O) groups is 2. The average molecular weight is 388 g/mol. The predicted molar refractivity (Wildman–Crippen MR) is 89.9 cm³/mol. The van der Waals surface area contributed by atoms with Crippen molar-refractivity contribution in [3.05, 3.63) is 28.2 Å². The number of hydrogen-bond donors (Lipinski definition) is 2. The number of carboxylic acids is 1. The van der Waals surface area contributed by atoms with E-state index in [0.29, 0.717) is 15.8 Å². The van der Waals surface area contributed by atoms with Gasteiger partial charge in [0.2, 0.25) is 0 Å². The van der Waals surface area contributed by atoms with E-state index in [4.69, 9.17) is 9.47 Å². The summed E-state index contributed by atoms with van der Waals surface area (Å²) in [5, 5.41) is 11.8. The van der Waals surface area contributed by atoms with Gasteiger partial charge in [0, 0.05) is 17.5 Å². The quantitative estimate of drug-likeness (QED) is 0.751. The lowest BCUT2D eigenvalue weighted by molar-refractivity contribution is -0.140. The molecule has 1 unspecified atom stereocenters. The van der Waals surface area contributed by atoms with Crippen molar-refractivity contribution in [3.8, 4) is 5.75 Å². The minimum absolute atomic E-state index is 0.180. The van der Waals surface area contributed by atoms with E-state index in [2.05, 4.69) is 21.2 Å². The lowest BCUT2D eigenvalue weighted by Gasteiger charge is -2.21. The van der Waals surface area contributed by atoms with Crippen LogP contribution in [0.15, 0.2) is 22.7 Å². The topological polar surface area (TPSA) is 84.9 Å². The molecule has 7 heteroatoms. The van der Waals surface area contributed by atoms with Crippen LogP contribution in [-0.4, -0.2) is 42.3 Å². The SMILES string of the molecule is COc1ccc(Br)c(C(=O)NC(CCOC(C)(C)C)C(=O)O)c1. The molecule has 0 saturated heterocycles. The Hall–Kier alpha value is -1.60. The first-order chi connectivity index (χ1) is 10.6. The van der Waals surface area contributed by atoms with Gasteiger partial charge in [0.15, 0.2) is 0 Å². The first kappa shape index (κ1) is 19.4. The molecule has 23 heavy (non-hydrogen) atoms. The fraction of sp³-hybridized carbons (Fsp3) is 0.500. The van der Waals surface area contributed by atoms with Crippen molar-refractivity contribution in [2.24, 2.45) is 0 Å². The lowest BCUT2D eigenvalue weighted by atomic mass is 10.1. The number of carbonyl (C=O) groups excluding carboxylic acids is 1. The second kappa shape index (κ2) is 8.31. The van der Waals surface area contributed by atoms with Crippen LogP contribution in [0.25, 0.3) is 0 Å². The molecule has 1 amide bonds. The molecule has 1 aromatic rings. The third kappa shape index (κ3) is 6.58. The third-order valence-corrected chi connectivity index (χ3v) is 3.65. The Morgan fingerprint density at radius 3 is 2.52 bits per heavy atom. The summed E-state index contributed by atoms with van der Waals surface area (Å²) in [5.74, 6) is -1.07. The minimum atomic E-state index is -1.10. The molecule has 1 aromatic carbocycles. The highest BCUT2D eigenvalue weighted by Gasteiger charge is 2.23. The molecule has 2 N–H and O–H groups in total. The molecule has 6 nitrogen and oxygen atoms in total. The summed E-state index contributed by atoms with van der Waals surface area (Å²) in [4.78, 5) is 23.6. The molecule has 128 valence electrons. The fourth-order valence-electron chi connectivity index (χ4n) is 1.78. The zero-order chi connectivity index (χ0) is 17.6. The van der Waals surface area contributed by atoms with Gasteiger partial charge in [-0.2, -0.15) is 0 Å². The summed E-state index contributed by atoms with van der Waals surface area (Å²) >= 11 is 3.28. The molecule has 0 radical (unpaired) electrons. The summed E-state index contributed by atoms with van der Waals surface area (Å²) in [6.45, 7) is 5.89. The van der Waals surface area contributed by atoms with Gasteiger partial charge >= 0.3 is 5.97 Å². The number of amides is 1. The zero-order valence-corrected chi connectivity index (χ0v) is 15.3. The summed E-state index contributed by atoms with van der Waals surface area (Å²) in [5.41, 5.74) is -0.0459. The van der Waals surface area contributed by atoms with Gasteiger partial charge in [-0.3, -0.25) is 4.79 Å². The maximum absolute atomic E-state index is 12.3. The number of rotatable bonds is 7. The van der Waals surface area contributed by atoms with Crippen molar-refractivity contribution in [2.45, 2.75) is 38.8 Å². The van der Waals surface area contributed by atoms with Gasteiger partial charge in [-0.25, -0.2) is 4.79 Å². The molecule has 0 aliphatic heterocycles. The van der Waals surface area contributed by atoms with Crippen LogP contribution >= 0.6 is 15.9 Å². The van der Waals surface area contributed by atoms with Crippen LogP contribution in [0.5, 0.6) is 5.75 Å². The van der Waals surface area contributed by atoms with Crippen LogP contribution in [0.1, 0.15) is 37.6 Å². The Kier molecular flexibility index (Phi) is 7.02. The molecule has 0 aliphatic rings. The Balaban J connectivity index is 2.76. The zero-order valence-electron chi connectivity index (χ0n) is 13.7. The van der Waals surface area contributed by atoms with Gasteiger partial charge in [-0.1, -0.05) is 0 Å². The number of carboxylic acid groups (broad SMARTS) is 1. The highest BCUT2D eigenvalue weighted by Crippen LogP contribution is 2.22. The molecular formula is C16H22BrNO5. The highest BCUT2D eigenvalue weighted by atomic mass is 79.9. The fourth-order valence-corrected chi connectivity index (χ4v) is 2.21. The van der Waals surface area contributed by atoms with E-state index in [1.165, 1.54) is 7.11 Å². The Bertz CT molecular complexity index is 568. The van der Waals surface area contributed by atoms with E-state index in [9.17, 15) is 14.7 Å². The normalized spacial score (nSPS) is 12.6. The predicted octanol–water partition coefficient (Wildman–Crippen LogP) is 2.85. The van der Waals surface area contributed by atoms with Crippen LogP contribution in [-0.2, 0) is 9.53 Å². The van der Waals surface area contributed by atoms with Crippen LogP contribution < -0.4 is 10.1 Å². The molecule has 0 fully saturated rings. The van der Waals surface area contributed by atoms with Crippen LogP contribution in [0.4, 0.5) is 0 Å². The first-order valence-electron chi connectivity index (χ1n) is 7.15. The molecule has 0 aliphatic carbocycles. The van der Waals surface area contributed by atoms with Crippen molar-refractivity contribution >= 4 is 27.8 Å². The van der Waals surface area contributed by atoms with Gasteiger partial charge in [-0.05, 0) is 54.9 Å². The van der Waals surface area contributed by atoms with Crippen molar-refractivity contribution in [3.63, 3.8) is 0 Å². The molecular weight excluding hydrogens is 366 g/mol. The summed E-state index contributed by atoms with van der Waals surface area (Å²) < 4.78 is 11.2. The Morgan fingerprint density at radius 1 is 1.35 bits per heavy atom. The van der Waals surface area contributed by atoms with Crippen LogP contribution in [0.2, 0.25) is 0 Å². The maximum atomic E-state index is 12.3. The number of hydrogen-bond acceptors (Lipinski definition) is 4. The van der Waals surface area contributed by atoms with Gasteiger partial charge in [0.1, 0.15) is 11.8 Å². The Labute approximate surface area is 144 Å². The van der Waals surface area contributed by atoms with E-state index in [1.807, 2.05) is 20.8 Å². The number of aliphatic carboxylic acids is 1. The summed E-state index contributed by atoms with van der Waals surface area (Å²) in [7, 11) is 1.49. The van der Waals surface area contributed by atoms with Crippen molar-refractivity contribution in [2.75, 3.05) is 13.7 Å². The molecule has 0 aromatic heterocycles. The van der Waals surface area contributed by atoms with Gasteiger partial charge < -0.3 is 19.9 Å². The first-order valence-corrected chi connectivity index (χ1v) is 7.94.